The van der Waals surface area contributed by atoms with Gasteiger partial charge in [0.15, 0.2) is 5.78 Å². The number of benzene rings is 1. The van der Waals surface area contributed by atoms with Gasteiger partial charge in [-0.1, -0.05) is 51.1 Å². The smallest absolute Gasteiger partial charge is 0.163 e. The second-order valence-electron chi connectivity index (χ2n) is 5.73. The molecule has 1 saturated carbocycles. The molecular weight excluding hydrogens is 208 g/mol. The van der Waals surface area contributed by atoms with E-state index >= 15 is 0 Å². The Bertz CT molecular complexity index is 434. The molecule has 1 nitrogen and oxygen atoms in total. The summed E-state index contributed by atoms with van der Waals surface area (Å²) in [5, 5.41) is 0. The van der Waals surface area contributed by atoms with Crippen molar-refractivity contribution < 1.29 is 6.17 Å². The van der Waals surface area contributed by atoms with Crippen LogP contribution in [0.4, 0.5) is 0 Å². The van der Waals surface area contributed by atoms with E-state index in [1.807, 2.05) is 37.3 Å². The van der Waals surface area contributed by atoms with Gasteiger partial charge in [-0.05, 0) is 30.1 Å². The lowest BCUT2D eigenvalue weighted by atomic mass is 9.74. The summed E-state index contributed by atoms with van der Waals surface area (Å²) in [6.07, 6.45) is 2.46. The molecule has 0 unspecified atom stereocenters. The van der Waals surface area contributed by atoms with Crippen molar-refractivity contribution in [3.63, 3.8) is 0 Å². The Morgan fingerprint density at radius 1 is 1.35 bits per heavy atom. The van der Waals surface area contributed by atoms with Crippen molar-refractivity contribution >= 4 is 5.78 Å². The molecule has 1 aromatic rings. The van der Waals surface area contributed by atoms with Crippen molar-refractivity contribution in [2.45, 2.75) is 40.0 Å². The average molecular weight is 231 g/mol. The van der Waals surface area contributed by atoms with Crippen molar-refractivity contribution in [3.05, 3.63) is 35.9 Å². The Hall–Kier alpha value is -1.11. The van der Waals surface area contributed by atoms with Crippen molar-refractivity contribution in [2.75, 3.05) is 0 Å². The summed E-state index contributed by atoms with van der Waals surface area (Å²) in [6.45, 7) is 6.27. The molecule has 92 valence electrons. The molecule has 0 heterocycles. The summed E-state index contributed by atoms with van der Waals surface area (Å²) in [4.78, 5) is 12.2. The molecule has 0 aromatic heterocycles. The number of Topliss-reactive ketones (excluding diaryl/α,β-unsaturated/α-hetero) is 1. The molecule has 0 aliphatic heterocycles. The molecule has 1 aliphatic carbocycles. The van der Waals surface area contributed by atoms with E-state index in [1.165, 1.54) is 0 Å². The first-order valence-corrected chi connectivity index (χ1v) is 6.43. The highest BCUT2D eigenvalue weighted by Gasteiger charge is 2.40. The number of hydrogen-bond acceptors (Lipinski definition) is 1. The third kappa shape index (κ3) is 2.43. The predicted octanol–water partition coefficient (Wildman–Crippen LogP) is 4.33. The Morgan fingerprint density at radius 3 is 2.53 bits per heavy atom. The Morgan fingerprint density at radius 2 is 2.00 bits per heavy atom. The fraction of sp³-hybridized carbons (Fsp3) is 0.562. The van der Waals surface area contributed by atoms with E-state index in [4.69, 9.17) is 1.37 Å². The van der Waals surface area contributed by atoms with Gasteiger partial charge in [0, 0.05) is 13.4 Å². The first-order chi connectivity index (χ1) is 8.34. The zero-order valence-corrected chi connectivity index (χ0v) is 11.0. The van der Waals surface area contributed by atoms with Gasteiger partial charge >= 0.3 is 0 Å². The van der Waals surface area contributed by atoms with Crippen molar-refractivity contribution in [2.24, 2.45) is 17.2 Å². The lowest BCUT2D eigenvalue weighted by Crippen LogP contribution is -2.25. The van der Waals surface area contributed by atoms with Crippen molar-refractivity contribution in [1.82, 2.24) is 0 Å². The predicted molar refractivity (Wildman–Crippen MR) is 71.1 cm³/mol. The number of carbonyl (C=O) groups excluding carboxylic acids is 1. The van der Waals surface area contributed by atoms with Gasteiger partial charge in [-0.3, -0.25) is 4.79 Å². The highest BCUT2D eigenvalue weighted by Crippen LogP contribution is 2.48. The Balaban J connectivity index is 2.10. The zero-order chi connectivity index (χ0) is 13.4. The van der Waals surface area contributed by atoms with Crippen molar-refractivity contribution in [3.8, 4) is 0 Å². The molecule has 0 bridgehead atoms. The molecule has 0 spiro atoms. The summed E-state index contributed by atoms with van der Waals surface area (Å²) in [5.74, 6) is 0.133. The molecule has 1 aromatic carbocycles. The van der Waals surface area contributed by atoms with E-state index in [2.05, 4.69) is 13.8 Å². The largest absolute Gasteiger partial charge is 0.294 e. The van der Waals surface area contributed by atoms with Crippen molar-refractivity contribution in [1.29, 1.82) is 0 Å². The summed E-state index contributed by atoms with van der Waals surface area (Å²) >= 11 is 0. The molecule has 1 aliphatic rings. The average Bonchev–Trinajstić information content (AvgIpc) is 2.53. The Labute approximate surface area is 106 Å². The number of ketones is 1. The molecule has 0 saturated heterocycles. The van der Waals surface area contributed by atoms with Crippen LogP contribution < -0.4 is 0 Å². The Kier molecular flexibility index (Phi) is 3.00. The first kappa shape index (κ1) is 11.0. The maximum atomic E-state index is 12.2. The highest BCUT2D eigenvalue weighted by molar-refractivity contribution is 5.96. The van der Waals surface area contributed by atoms with Crippen LogP contribution >= 0.6 is 0 Å². The quantitative estimate of drug-likeness (QED) is 0.707. The third-order valence-corrected chi connectivity index (χ3v) is 4.52. The van der Waals surface area contributed by atoms with E-state index in [-0.39, 0.29) is 11.2 Å². The molecule has 1 fully saturated rings. The lowest BCUT2D eigenvalue weighted by Gasteiger charge is -2.30. The van der Waals surface area contributed by atoms with Gasteiger partial charge in [-0.15, -0.1) is 0 Å². The van der Waals surface area contributed by atoms with Crippen LogP contribution in [0.25, 0.3) is 0 Å². The van der Waals surface area contributed by atoms with Crippen LogP contribution in [0.2, 0.25) is 0 Å². The van der Waals surface area contributed by atoms with Gasteiger partial charge in [0.2, 0.25) is 0 Å². The van der Waals surface area contributed by atoms with Crippen LogP contribution in [0, 0.1) is 17.2 Å². The highest BCUT2D eigenvalue weighted by atomic mass is 16.1. The monoisotopic (exact) mass is 231 g/mol. The van der Waals surface area contributed by atoms with E-state index < -0.39 is 5.89 Å². The first-order valence-electron chi connectivity index (χ1n) is 6.93. The van der Waals surface area contributed by atoms with E-state index in [9.17, 15) is 4.79 Å². The van der Waals surface area contributed by atoms with Crippen LogP contribution in [0.1, 0.15) is 51.8 Å². The third-order valence-electron chi connectivity index (χ3n) is 4.52. The van der Waals surface area contributed by atoms with Crippen LogP contribution in [-0.4, -0.2) is 5.78 Å². The molecule has 1 heteroatoms. The number of rotatable bonds is 3. The summed E-state index contributed by atoms with van der Waals surface area (Å²) in [7, 11) is 0. The van der Waals surface area contributed by atoms with Gasteiger partial charge in [0.25, 0.3) is 0 Å². The molecule has 2 atom stereocenters. The lowest BCUT2D eigenvalue weighted by molar-refractivity contribution is 0.0909. The van der Waals surface area contributed by atoms with E-state index in [0.29, 0.717) is 12.3 Å². The molecule has 0 N–H and O–H groups in total. The van der Waals surface area contributed by atoms with Crippen LogP contribution in [0.5, 0.6) is 0 Å². The minimum Gasteiger partial charge on any atom is -0.294 e. The second-order valence-corrected chi connectivity index (χ2v) is 5.73. The standard InChI is InChI=1S/C16H22O/c1-12-9-10-14(16(12,2)3)11-15(17)13-7-5-4-6-8-13/h4-8,12,14H,9-11H2,1-3H3/t12-,14+/m0/s1/i12D. The van der Waals surface area contributed by atoms with E-state index in [1.54, 1.807) is 0 Å². The summed E-state index contributed by atoms with van der Waals surface area (Å²) in [5.41, 5.74) is 0.712. The fourth-order valence-corrected chi connectivity index (χ4v) is 2.75. The molecule has 0 amide bonds. The summed E-state index contributed by atoms with van der Waals surface area (Å²) < 4.78 is 8.36. The van der Waals surface area contributed by atoms with Gasteiger partial charge in [0.1, 0.15) is 0 Å². The van der Waals surface area contributed by atoms with Crippen LogP contribution in [-0.2, 0) is 0 Å². The van der Waals surface area contributed by atoms with Crippen LogP contribution in [0.15, 0.2) is 30.3 Å². The topological polar surface area (TPSA) is 17.1 Å². The maximum Gasteiger partial charge on any atom is 0.163 e. The SMILES string of the molecule is [2H][C@]1(C)CC[C@H](CC(=O)c2ccccc2)C1(C)C. The maximum absolute atomic E-state index is 12.2. The zero-order valence-electron chi connectivity index (χ0n) is 12.0. The van der Waals surface area contributed by atoms with Gasteiger partial charge < -0.3 is 0 Å². The summed E-state index contributed by atoms with van der Waals surface area (Å²) in [6, 6.07) is 9.49. The number of hydrogen-bond donors (Lipinski definition) is 0. The molecule has 0 radical (unpaired) electrons. The van der Waals surface area contributed by atoms with Gasteiger partial charge in [0.05, 0.1) is 0 Å². The molecular formula is C16H22O. The fourth-order valence-electron chi connectivity index (χ4n) is 2.75. The van der Waals surface area contributed by atoms with E-state index in [0.717, 1.165) is 18.4 Å². The minimum absolute atomic E-state index is 0.0859. The van der Waals surface area contributed by atoms with Gasteiger partial charge in [-0.2, -0.15) is 0 Å². The molecule has 2 rings (SSSR count). The second kappa shape index (κ2) is 4.64. The number of carbonyl (C=O) groups is 1. The van der Waals surface area contributed by atoms with Crippen LogP contribution in [0.3, 0.4) is 0 Å². The van der Waals surface area contributed by atoms with Gasteiger partial charge in [-0.25, -0.2) is 0 Å². The molecule has 17 heavy (non-hydrogen) atoms. The minimum atomic E-state index is -0.408. The normalized spacial score (nSPS) is 32.2.